The Morgan fingerprint density at radius 3 is 2.78 bits per heavy atom. The second-order valence-electron chi connectivity index (χ2n) is 4.76. The second kappa shape index (κ2) is 7.03. The molecule has 1 unspecified atom stereocenters. The Bertz CT molecular complexity index is 339. The van der Waals surface area contributed by atoms with E-state index in [0.717, 1.165) is 12.8 Å². The molecule has 0 spiro atoms. The summed E-state index contributed by atoms with van der Waals surface area (Å²) in [6.45, 7) is 5.52. The van der Waals surface area contributed by atoms with Crippen molar-refractivity contribution in [2.45, 2.75) is 33.1 Å². The second-order valence-corrected chi connectivity index (χ2v) is 4.76. The van der Waals surface area contributed by atoms with Crippen molar-refractivity contribution >= 4 is 12.0 Å². The summed E-state index contributed by atoms with van der Waals surface area (Å²) in [6, 6.07) is -0.166. The number of hydrogen-bond donors (Lipinski definition) is 2. The Morgan fingerprint density at radius 1 is 1.56 bits per heavy atom. The molecule has 1 aliphatic heterocycles. The molecular weight excluding hydrogens is 232 g/mol. The summed E-state index contributed by atoms with van der Waals surface area (Å²) in [5.74, 6) is -1.33. The molecule has 0 aliphatic carbocycles. The number of amides is 2. The molecule has 1 rings (SSSR count). The average Bonchev–Trinajstić information content (AvgIpc) is 2.34. The topological polar surface area (TPSA) is 69.6 Å². The van der Waals surface area contributed by atoms with E-state index in [1.165, 1.54) is 5.57 Å². The highest BCUT2D eigenvalue weighted by Gasteiger charge is 2.20. The fourth-order valence-corrected chi connectivity index (χ4v) is 1.94. The van der Waals surface area contributed by atoms with E-state index in [-0.39, 0.29) is 12.6 Å². The van der Waals surface area contributed by atoms with E-state index in [9.17, 15) is 9.59 Å². The van der Waals surface area contributed by atoms with Gasteiger partial charge in [-0.05, 0) is 19.8 Å². The zero-order valence-electron chi connectivity index (χ0n) is 11.1. The van der Waals surface area contributed by atoms with Gasteiger partial charge in [-0.25, -0.2) is 4.79 Å². The molecule has 2 amide bonds. The van der Waals surface area contributed by atoms with E-state index >= 15 is 0 Å². The molecule has 0 fully saturated rings. The molecule has 0 radical (unpaired) electrons. The van der Waals surface area contributed by atoms with Gasteiger partial charge in [0.25, 0.3) is 0 Å². The maximum Gasteiger partial charge on any atom is 0.317 e. The van der Waals surface area contributed by atoms with Crippen LogP contribution < -0.4 is 5.32 Å². The normalized spacial score (nSPS) is 17.0. The maximum absolute atomic E-state index is 11.8. The average molecular weight is 254 g/mol. The highest BCUT2D eigenvalue weighted by atomic mass is 16.4. The van der Waals surface area contributed by atoms with Gasteiger partial charge in [-0.1, -0.05) is 25.0 Å². The van der Waals surface area contributed by atoms with E-state index in [1.54, 1.807) is 4.90 Å². The van der Waals surface area contributed by atoms with Crippen molar-refractivity contribution in [3.63, 3.8) is 0 Å². The monoisotopic (exact) mass is 254 g/mol. The first-order chi connectivity index (χ1) is 8.54. The van der Waals surface area contributed by atoms with E-state index in [2.05, 4.69) is 12.2 Å². The molecule has 0 bridgehead atoms. The van der Waals surface area contributed by atoms with Crippen LogP contribution in [0.1, 0.15) is 33.1 Å². The van der Waals surface area contributed by atoms with Crippen LogP contribution in [0.15, 0.2) is 11.6 Å². The van der Waals surface area contributed by atoms with Gasteiger partial charge in [0.2, 0.25) is 0 Å². The first-order valence-corrected chi connectivity index (χ1v) is 6.45. The van der Waals surface area contributed by atoms with Gasteiger partial charge in [0, 0.05) is 19.6 Å². The molecular formula is C13H22N2O3. The Balaban J connectivity index is 2.38. The zero-order chi connectivity index (χ0) is 13.5. The third-order valence-electron chi connectivity index (χ3n) is 3.21. The molecule has 0 saturated heterocycles. The Kier molecular flexibility index (Phi) is 5.68. The first kappa shape index (κ1) is 14.5. The quantitative estimate of drug-likeness (QED) is 0.736. The highest BCUT2D eigenvalue weighted by molar-refractivity contribution is 5.76. The van der Waals surface area contributed by atoms with E-state index in [4.69, 9.17) is 5.11 Å². The van der Waals surface area contributed by atoms with E-state index in [1.807, 2.05) is 13.0 Å². The highest BCUT2D eigenvalue weighted by Crippen LogP contribution is 2.10. The number of carbonyl (C=O) groups excluding carboxylic acids is 1. The summed E-state index contributed by atoms with van der Waals surface area (Å²) in [4.78, 5) is 24.5. The predicted octanol–water partition coefficient (Wildman–Crippen LogP) is 1.85. The molecule has 5 heteroatoms. The lowest BCUT2D eigenvalue weighted by molar-refractivity contribution is -0.141. The van der Waals surface area contributed by atoms with Crippen molar-refractivity contribution < 1.29 is 14.7 Å². The molecule has 0 aromatic heterocycles. The van der Waals surface area contributed by atoms with Crippen molar-refractivity contribution in [1.82, 2.24) is 10.2 Å². The molecule has 1 heterocycles. The third kappa shape index (κ3) is 4.39. The van der Waals surface area contributed by atoms with Gasteiger partial charge in [0.1, 0.15) is 0 Å². The molecule has 1 aliphatic rings. The van der Waals surface area contributed by atoms with Gasteiger partial charge < -0.3 is 15.3 Å². The number of carboxylic acid groups (broad SMARTS) is 1. The lowest BCUT2D eigenvalue weighted by atomic mass is 10.0. The molecule has 5 nitrogen and oxygen atoms in total. The van der Waals surface area contributed by atoms with Gasteiger partial charge in [-0.2, -0.15) is 0 Å². The Labute approximate surface area is 108 Å². The van der Waals surface area contributed by atoms with E-state index in [0.29, 0.717) is 19.5 Å². The van der Waals surface area contributed by atoms with Crippen LogP contribution in [0.2, 0.25) is 0 Å². The number of nitrogens with one attached hydrogen (secondary N) is 1. The van der Waals surface area contributed by atoms with Gasteiger partial charge in [-0.3, -0.25) is 4.79 Å². The van der Waals surface area contributed by atoms with Crippen molar-refractivity contribution in [2.75, 3.05) is 19.6 Å². The Hall–Kier alpha value is -1.52. The summed E-state index contributed by atoms with van der Waals surface area (Å²) < 4.78 is 0. The van der Waals surface area contributed by atoms with Crippen LogP contribution in [-0.2, 0) is 4.79 Å². The van der Waals surface area contributed by atoms with Gasteiger partial charge in [-0.15, -0.1) is 0 Å². The lowest BCUT2D eigenvalue weighted by Crippen LogP contribution is -2.44. The molecule has 1 atom stereocenters. The van der Waals surface area contributed by atoms with Gasteiger partial charge >= 0.3 is 12.0 Å². The number of carboxylic acids is 1. The number of aliphatic carboxylic acids is 1. The SMILES string of the molecule is CCCC(CNC(=O)N1CC=C(C)CC1)C(=O)O. The summed E-state index contributed by atoms with van der Waals surface area (Å²) in [5.41, 5.74) is 1.30. The van der Waals surface area contributed by atoms with Crippen LogP contribution in [0.5, 0.6) is 0 Å². The van der Waals surface area contributed by atoms with Crippen LogP contribution >= 0.6 is 0 Å². The van der Waals surface area contributed by atoms with Crippen molar-refractivity contribution in [2.24, 2.45) is 5.92 Å². The van der Waals surface area contributed by atoms with Crippen LogP contribution in [0, 0.1) is 5.92 Å². The summed E-state index contributed by atoms with van der Waals surface area (Å²) >= 11 is 0. The fraction of sp³-hybridized carbons (Fsp3) is 0.692. The Morgan fingerprint density at radius 2 is 2.28 bits per heavy atom. The molecule has 0 aromatic carbocycles. The van der Waals surface area contributed by atoms with Gasteiger partial charge in [0.05, 0.1) is 5.92 Å². The smallest absolute Gasteiger partial charge is 0.317 e. The van der Waals surface area contributed by atoms with Crippen LogP contribution in [0.4, 0.5) is 4.79 Å². The number of carbonyl (C=O) groups is 2. The molecule has 18 heavy (non-hydrogen) atoms. The summed E-state index contributed by atoms with van der Waals surface area (Å²) in [7, 11) is 0. The summed E-state index contributed by atoms with van der Waals surface area (Å²) in [6.07, 6.45) is 4.32. The van der Waals surface area contributed by atoms with Crippen LogP contribution in [0.25, 0.3) is 0 Å². The fourth-order valence-electron chi connectivity index (χ4n) is 1.94. The van der Waals surface area contributed by atoms with Crippen molar-refractivity contribution in [3.8, 4) is 0 Å². The van der Waals surface area contributed by atoms with E-state index < -0.39 is 11.9 Å². The first-order valence-electron chi connectivity index (χ1n) is 6.45. The largest absolute Gasteiger partial charge is 0.481 e. The molecule has 102 valence electrons. The minimum absolute atomic E-state index is 0.166. The number of rotatable bonds is 5. The van der Waals surface area contributed by atoms with Crippen molar-refractivity contribution in [3.05, 3.63) is 11.6 Å². The maximum atomic E-state index is 11.8. The number of urea groups is 1. The lowest BCUT2D eigenvalue weighted by Gasteiger charge is -2.26. The molecule has 0 saturated carbocycles. The van der Waals surface area contributed by atoms with Crippen molar-refractivity contribution in [1.29, 1.82) is 0 Å². The minimum atomic E-state index is -0.841. The number of nitrogens with zero attached hydrogens (tertiary/aromatic N) is 1. The van der Waals surface area contributed by atoms with Crippen LogP contribution in [-0.4, -0.2) is 41.6 Å². The number of hydrogen-bond acceptors (Lipinski definition) is 2. The molecule has 0 aromatic rings. The molecule has 2 N–H and O–H groups in total. The summed E-state index contributed by atoms with van der Waals surface area (Å²) in [5, 5.41) is 11.7. The third-order valence-corrected chi connectivity index (χ3v) is 3.21. The standard InChI is InChI=1S/C13H22N2O3/c1-3-4-11(12(16)17)9-14-13(18)15-7-5-10(2)6-8-15/h5,11H,3-4,6-9H2,1-2H3,(H,14,18)(H,16,17). The van der Waals surface area contributed by atoms with Crippen LogP contribution in [0.3, 0.4) is 0 Å². The van der Waals surface area contributed by atoms with Gasteiger partial charge in [0.15, 0.2) is 0 Å². The predicted molar refractivity (Wildman–Crippen MR) is 69.4 cm³/mol. The minimum Gasteiger partial charge on any atom is -0.481 e. The zero-order valence-corrected chi connectivity index (χ0v) is 11.1.